The first-order valence-electron chi connectivity index (χ1n) is 7.14. The molecular weight excluding hydrogens is 246 g/mol. The van der Waals surface area contributed by atoms with Crippen LogP contribution in [0.25, 0.3) is 11.1 Å². The summed E-state index contributed by atoms with van der Waals surface area (Å²) in [5, 5.41) is 0. The van der Waals surface area contributed by atoms with Gasteiger partial charge in [-0.2, -0.15) is 0 Å². The molecule has 1 atom stereocenters. The highest BCUT2D eigenvalue weighted by Crippen LogP contribution is 2.35. The van der Waals surface area contributed by atoms with Crippen LogP contribution in [0.2, 0.25) is 0 Å². The second-order valence-corrected chi connectivity index (χ2v) is 5.70. The number of hydrogen-bond donors (Lipinski definition) is 1. The number of aryl methyl sites for hydroxylation is 3. The molecule has 0 fully saturated rings. The summed E-state index contributed by atoms with van der Waals surface area (Å²) in [6, 6.07) is 11.2. The minimum atomic E-state index is 0.220. The zero-order valence-electron chi connectivity index (χ0n) is 12.4. The Bertz CT molecular complexity index is 661. The van der Waals surface area contributed by atoms with E-state index in [2.05, 4.69) is 44.2 Å². The number of fused-ring (bicyclic) bond motifs is 1. The fraction of sp³-hybridized carbons (Fsp3) is 0.333. The summed E-state index contributed by atoms with van der Waals surface area (Å²) in [5.74, 6) is 0.953. The van der Waals surface area contributed by atoms with Gasteiger partial charge in [0.1, 0.15) is 5.75 Å². The lowest BCUT2D eigenvalue weighted by Crippen LogP contribution is -2.04. The van der Waals surface area contributed by atoms with Crippen LogP contribution < -0.4 is 10.5 Å². The van der Waals surface area contributed by atoms with Gasteiger partial charge in [0, 0.05) is 6.04 Å². The first kappa shape index (κ1) is 13.2. The van der Waals surface area contributed by atoms with Gasteiger partial charge in [0.2, 0.25) is 0 Å². The maximum atomic E-state index is 6.11. The van der Waals surface area contributed by atoms with Crippen molar-refractivity contribution in [3.8, 4) is 16.9 Å². The Labute approximate surface area is 120 Å². The Morgan fingerprint density at radius 3 is 2.65 bits per heavy atom. The van der Waals surface area contributed by atoms with Gasteiger partial charge < -0.3 is 10.5 Å². The molecule has 20 heavy (non-hydrogen) atoms. The van der Waals surface area contributed by atoms with Crippen LogP contribution in [0.15, 0.2) is 30.3 Å². The minimum absolute atomic E-state index is 0.220. The molecule has 0 aliphatic heterocycles. The van der Waals surface area contributed by atoms with Crippen molar-refractivity contribution in [2.24, 2.45) is 5.73 Å². The molecule has 1 aliphatic carbocycles. The van der Waals surface area contributed by atoms with Gasteiger partial charge in [0.05, 0.1) is 7.11 Å². The molecule has 2 aromatic carbocycles. The zero-order chi connectivity index (χ0) is 14.3. The second-order valence-electron chi connectivity index (χ2n) is 5.70. The molecule has 0 bridgehead atoms. The topological polar surface area (TPSA) is 35.2 Å². The fourth-order valence-electron chi connectivity index (χ4n) is 3.14. The van der Waals surface area contributed by atoms with Crippen molar-refractivity contribution in [2.75, 3.05) is 7.11 Å². The van der Waals surface area contributed by atoms with Crippen LogP contribution in [0.1, 0.15) is 34.7 Å². The standard InChI is InChI=1S/C18H21NO/c1-11-9-18(20-3)12(2)8-16(11)14-4-6-15-13(10-14)5-7-17(15)19/h4,6,8-10,17H,5,7,19H2,1-3H3. The van der Waals surface area contributed by atoms with Crippen molar-refractivity contribution < 1.29 is 4.74 Å². The Morgan fingerprint density at radius 2 is 1.90 bits per heavy atom. The molecule has 2 nitrogen and oxygen atoms in total. The molecule has 2 heteroatoms. The Balaban J connectivity index is 2.08. The third-order valence-electron chi connectivity index (χ3n) is 4.32. The van der Waals surface area contributed by atoms with Crippen LogP contribution in [0, 0.1) is 13.8 Å². The van der Waals surface area contributed by atoms with Gasteiger partial charge in [-0.05, 0) is 72.2 Å². The van der Waals surface area contributed by atoms with Crippen molar-refractivity contribution in [2.45, 2.75) is 32.7 Å². The van der Waals surface area contributed by atoms with Crippen molar-refractivity contribution in [3.63, 3.8) is 0 Å². The lowest BCUT2D eigenvalue weighted by atomic mass is 9.95. The maximum absolute atomic E-state index is 6.11. The average Bonchev–Trinajstić information content (AvgIpc) is 2.82. The molecule has 2 aromatic rings. The number of hydrogen-bond acceptors (Lipinski definition) is 2. The van der Waals surface area contributed by atoms with Crippen molar-refractivity contribution in [1.82, 2.24) is 0 Å². The molecule has 0 aromatic heterocycles. The molecule has 2 N–H and O–H groups in total. The normalized spacial score (nSPS) is 17.1. The van der Waals surface area contributed by atoms with E-state index in [1.807, 2.05) is 0 Å². The molecule has 0 amide bonds. The van der Waals surface area contributed by atoms with E-state index in [1.54, 1.807) is 7.11 Å². The van der Waals surface area contributed by atoms with Crippen LogP contribution in [0.3, 0.4) is 0 Å². The minimum Gasteiger partial charge on any atom is -0.496 e. The average molecular weight is 267 g/mol. The van der Waals surface area contributed by atoms with Crippen LogP contribution >= 0.6 is 0 Å². The smallest absolute Gasteiger partial charge is 0.122 e. The van der Waals surface area contributed by atoms with Gasteiger partial charge in [0.25, 0.3) is 0 Å². The van der Waals surface area contributed by atoms with E-state index in [-0.39, 0.29) is 6.04 Å². The lowest BCUT2D eigenvalue weighted by molar-refractivity contribution is 0.411. The van der Waals surface area contributed by atoms with E-state index in [1.165, 1.54) is 33.4 Å². The molecule has 104 valence electrons. The predicted molar refractivity (Wildman–Crippen MR) is 83.2 cm³/mol. The van der Waals surface area contributed by atoms with E-state index in [0.29, 0.717) is 0 Å². The molecular formula is C18H21NO. The molecule has 3 rings (SSSR count). The Kier molecular flexibility index (Phi) is 3.27. The third-order valence-corrected chi connectivity index (χ3v) is 4.32. The molecule has 0 radical (unpaired) electrons. The SMILES string of the molecule is COc1cc(C)c(-c2ccc3c(c2)CCC3N)cc1C. The molecule has 0 saturated carbocycles. The molecule has 1 aliphatic rings. The maximum Gasteiger partial charge on any atom is 0.122 e. The van der Waals surface area contributed by atoms with Gasteiger partial charge >= 0.3 is 0 Å². The molecule has 0 spiro atoms. The summed E-state index contributed by atoms with van der Waals surface area (Å²) in [6.45, 7) is 4.22. The van der Waals surface area contributed by atoms with Gasteiger partial charge in [-0.15, -0.1) is 0 Å². The van der Waals surface area contributed by atoms with Crippen LogP contribution in [-0.2, 0) is 6.42 Å². The van der Waals surface area contributed by atoms with Gasteiger partial charge in [0.15, 0.2) is 0 Å². The van der Waals surface area contributed by atoms with E-state index < -0.39 is 0 Å². The van der Waals surface area contributed by atoms with Crippen LogP contribution in [0.4, 0.5) is 0 Å². The van der Waals surface area contributed by atoms with Crippen molar-refractivity contribution >= 4 is 0 Å². The fourth-order valence-corrected chi connectivity index (χ4v) is 3.14. The molecule has 0 saturated heterocycles. The van der Waals surface area contributed by atoms with E-state index >= 15 is 0 Å². The summed E-state index contributed by atoms with van der Waals surface area (Å²) < 4.78 is 5.39. The number of benzene rings is 2. The number of methoxy groups -OCH3 is 1. The van der Waals surface area contributed by atoms with E-state index in [9.17, 15) is 0 Å². The first-order chi connectivity index (χ1) is 9.60. The lowest BCUT2D eigenvalue weighted by Gasteiger charge is -2.13. The van der Waals surface area contributed by atoms with Gasteiger partial charge in [-0.1, -0.05) is 18.2 Å². The highest BCUT2D eigenvalue weighted by molar-refractivity contribution is 5.71. The van der Waals surface area contributed by atoms with E-state index in [4.69, 9.17) is 10.5 Å². The number of rotatable bonds is 2. The first-order valence-corrected chi connectivity index (χ1v) is 7.14. The van der Waals surface area contributed by atoms with E-state index in [0.717, 1.165) is 18.6 Å². The Hall–Kier alpha value is -1.80. The second kappa shape index (κ2) is 4.95. The largest absolute Gasteiger partial charge is 0.496 e. The van der Waals surface area contributed by atoms with Crippen molar-refractivity contribution in [1.29, 1.82) is 0 Å². The monoisotopic (exact) mass is 267 g/mol. The summed E-state index contributed by atoms with van der Waals surface area (Å²) >= 11 is 0. The number of ether oxygens (including phenoxy) is 1. The Morgan fingerprint density at radius 1 is 1.10 bits per heavy atom. The predicted octanol–water partition coefficient (Wildman–Crippen LogP) is 3.93. The summed E-state index contributed by atoms with van der Waals surface area (Å²) in [7, 11) is 1.72. The van der Waals surface area contributed by atoms with Gasteiger partial charge in [-0.25, -0.2) is 0 Å². The van der Waals surface area contributed by atoms with Crippen LogP contribution in [-0.4, -0.2) is 7.11 Å². The summed E-state index contributed by atoms with van der Waals surface area (Å²) in [6.07, 6.45) is 2.16. The highest BCUT2D eigenvalue weighted by Gasteiger charge is 2.19. The van der Waals surface area contributed by atoms with Crippen LogP contribution in [0.5, 0.6) is 5.75 Å². The summed E-state index contributed by atoms with van der Waals surface area (Å²) in [5.41, 5.74) is 13.8. The quantitative estimate of drug-likeness (QED) is 0.895. The zero-order valence-corrected chi connectivity index (χ0v) is 12.4. The van der Waals surface area contributed by atoms with Crippen molar-refractivity contribution in [3.05, 3.63) is 52.6 Å². The summed E-state index contributed by atoms with van der Waals surface area (Å²) in [4.78, 5) is 0. The number of nitrogens with two attached hydrogens (primary N) is 1. The molecule has 1 unspecified atom stereocenters. The molecule has 0 heterocycles. The van der Waals surface area contributed by atoms with Gasteiger partial charge in [-0.3, -0.25) is 0 Å². The highest BCUT2D eigenvalue weighted by atomic mass is 16.5. The third kappa shape index (κ3) is 2.10.